The van der Waals surface area contributed by atoms with Gasteiger partial charge in [-0.25, -0.2) is 0 Å². The van der Waals surface area contributed by atoms with Crippen LogP contribution in [0.3, 0.4) is 0 Å². The number of hydrogen-bond donors (Lipinski definition) is 1. The number of ether oxygens (including phenoxy) is 1. The fraction of sp³-hybridized carbons (Fsp3) is 0.312. The zero-order chi connectivity index (χ0) is 13.5. The highest BCUT2D eigenvalue weighted by Crippen LogP contribution is 2.14. The molecule has 0 spiro atoms. The number of hydrogen-bond acceptors (Lipinski definition) is 3. The standard InChI is InChI=1S/C16H20N2O/c1-3-17-11-14-7-5-9-16(10-14)19-12-15-8-4-6-13(2)18-15/h4-10,17H,3,11-12H2,1-2H3. The second-order valence-electron chi connectivity index (χ2n) is 4.49. The van der Waals surface area contributed by atoms with Gasteiger partial charge in [-0.1, -0.05) is 25.1 Å². The number of pyridine rings is 1. The first kappa shape index (κ1) is 13.6. The molecule has 0 bridgehead atoms. The summed E-state index contributed by atoms with van der Waals surface area (Å²) < 4.78 is 5.78. The smallest absolute Gasteiger partial charge is 0.130 e. The van der Waals surface area contributed by atoms with Crippen molar-refractivity contribution in [2.75, 3.05) is 6.54 Å². The van der Waals surface area contributed by atoms with E-state index in [-0.39, 0.29) is 0 Å². The number of nitrogens with zero attached hydrogens (tertiary/aromatic N) is 1. The van der Waals surface area contributed by atoms with Gasteiger partial charge in [0.15, 0.2) is 0 Å². The van der Waals surface area contributed by atoms with Gasteiger partial charge in [-0.2, -0.15) is 0 Å². The molecule has 0 saturated heterocycles. The summed E-state index contributed by atoms with van der Waals surface area (Å²) in [6, 6.07) is 14.1. The number of aryl methyl sites for hydroxylation is 1. The van der Waals surface area contributed by atoms with Crippen LogP contribution in [0.5, 0.6) is 5.75 Å². The Morgan fingerprint density at radius 3 is 2.79 bits per heavy atom. The highest BCUT2D eigenvalue weighted by Gasteiger charge is 1.99. The molecule has 19 heavy (non-hydrogen) atoms. The van der Waals surface area contributed by atoms with E-state index in [1.807, 2.05) is 37.3 Å². The lowest BCUT2D eigenvalue weighted by atomic mass is 10.2. The molecule has 0 amide bonds. The van der Waals surface area contributed by atoms with Crippen LogP contribution >= 0.6 is 0 Å². The predicted octanol–water partition coefficient (Wildman–Crippen LogP) is 3.08. The Kier molecular flexibility index (Phi) is 4.93. The molecule has 0 saturated carbocycles. The van der Waals surface area contributed by atoms with Crippen LogP contribution in [-0.2, 0) is 13.2 Å². The van der Waals surface area contributed by atoms with E-state index in [1.54, 1.807) is 0 Å². The van der Waals surface area contributed by atoms with Gasteiger partial charge in [0.1, 0.15) is 12.4 Å². The van der Waals surface area contributed by atoms with Gasteiger partial charge < -0.3 is 10.1 Å². The van der Waals surface area contributed by atoms with Crippen LogP contribution in [0, 0.1) is 6.92 Å². The van der Waals surface area contributed by atoms with Crippen molar-refractivity contribution < 1.29 is 4.74 Å². The SMILES string of the molecule is CCNCc1cccc(OCc2cccc(C)n2)c1. The van der Waals surface area contributed by atoms with E-state index >= 15 is 0 Å². The Balaban J connectivity index is 1.95. The van der Waals surface area contributed by atoms with Crippen molar-refractivity contribution in [2.24, 2.45) is 0 Å². The summed E-state index contributed by atoms with van der Waals surface area (Å²) in [5, 5.41) is 3.31. The summed E-state index contributed by atoms with van der Waals surface area (Å²) in [5.41, 5.74) is 3.20. The zero-order valence-electron chi connectivity index (χ0n) is 11.5. The van der Waals surface area contributed by atoms with Gasteiger partial charge in [-0.05, 0) is 43.3 Å². The first-order valence-corrected chi connectivity index (χ1v) is 6.63. The van der Waals surface area contributed by atoms with Gasteiger partial charge in [0.2, 0.25) is 0 Å². The fourth-order valence-electron chi connectivity index (χ4n) is 1.85. The molecule has 3 heteroatoms. The summed E-state index contributed by atoms with van der Waals surface area (Å²) in [4.78, 5) is 4.42. The van der Waals surface area contributed by atoms with Crippen LogP contribution in [0.15, 0.2) is 42.5 Å². The van der Waals surface area contributed by atoms with E-state index in [9.17, 15) is 0 Å². The molecule has 0 atom stereocenters. The maximum Gasteiger partial charge on any atom is 0.130 e. The Morgan fingerprint density at radius 2 is 2.00 bits per heavy atom. The van der Waals surface area contributed by atoms with Gasteiger partial charge >= 0.3 is 0 Å². The first-order chi connectivity index (χ1) is 9.28. The van der Waals surface area contributed by atoms with E-state index in [2.05, 4.69) is 29.4 Å². The van der Waals surface area contributed by atoms with Crippen molar-refractivity contribution in [3.8, 4) is 5.75 Å². The fourth-order valence-corrected chi connectivity index (χ4v) is 1.85. The van der Waals surface area contributed by atoms with Gasteiger partial charge in [0.25, 0.3) is 0 Å². The van der Waals surface area contributed by atoms with Crippen LogP contribution in [0.1, 0.15) is 23.9 Å². The second kappa shape index (κ2) is 6.90. The number of benzene rings is 1. The highest BCUT2D eigenvalue weighted by molar-refractivity contribution is 5.28. The Labute approximate surface area is 114 Å². The lowest BCUT2D eigenvalue weighted by molar-refractivity contribution is 0.300. The Bertz CT molecular complexity index is 526. The molecule has 1 heterocycles. The highest BCUT2D eigenvalue weighted by atomic mass is 16.5. The molecule has 0 fully saturated rings. The van der Waals surface area contributed by atoms with Crippen molar-refractivity contribution in [3.63, 3.8) is 0 Å². The minimum atomic E-state index is 0.506. The third-order valence-electron chi connectivity index (χ3n) is 2.81. The molecule has 0 radical (unpaired) electrons. The molecule has 0 unspecified atom stereocenters. The van der Waals surface area contributed by atoms with E-state index < -0.39 is 0 Å². The summed E-state index contributed by atoms with van der Waals surface area (Å²) in [7, 11) is 0. The van der Waals surface area contributed by atoms with Crippen molar-refractivity contribution in [3.05, 3.63) is 59.4 Å². The molecule has 3 nitrogen and oxygen atoms in total. The summed E-state index contributed by atoms with van der Waals surface area (Å²) in [6.07, 6.45) is 0. The minimum Gasteiger partial charge on any atom is -0.487 e. The monoisotopic (exact) mass is 256 g/mol. The number of nitrogens with one attached hydrogen (secondary N) is 1. The normalized spacial score (nSPS) is 10.4. The molecule has 1 aromatic carbocycles. The van der Waals surface area contributed by atoms with E-state index in [4.69, 9.17) is 4.74 Å². The molecule has 0 aliphatic carbocycles. The van der Waals surface area contributed by atoms with Crippen LogP contribution < -0.4 is 10.1 Å². The first-order valence-electron chi connectivity index (χ1n) is 6.63. The number of aromatic nitrogens is 1. The molecule has 2 rings (SSSR count). The zero-order valence-corrected chi connectivity index (χ0v) is 11.5. The van der Waals surface area contributed by atoms with Crippen LogP contribution in [0.25, 0.3) is 0 Å². The maximum atomic E-state index is 5.78. The summed E-state index contributed by atoms with van der Waals surface area (Å²) in [6.45, 7) is 6.44. The Morgan fingerprint density at radius 1 is 1.16 bits per heavy atom. The van der Waals surface area contributed by atoms with Crippen molar-refractivity contribution in [2.45, 2.75) is 27.0 Å². The quantitative estimate of drug-likeness (QED) is 0.862. The van der Waals surface area contributed by atoms with Gasteiger partial charge in [-0.15, -0.1) is 0 Å². The molecule has 0 aliphatic rings. The Hall–Kier alpha value is -1.87. The van der Waals surface area contributed by atoms with Crippen LogP contribution in [0.2, 0.25) is 0 Å². The summed E-state index contributed by atoms with van der Waals surface area (Å²) in [5.74, 6) is 0.888. The molecular weight excluding hydrogens is 236 g/mol. The van der Waals surface area contributed by atoms with Crippen molar-refractivity contribution >= 4 is 0 Å². The molecule has 1 N–H and O–H groups in total. The maximum absolute atomic E-state index is 5.78. The lowest BCUT2D eigenvalue weighted by Gasteiger charge is -2.08. The van der Waals surface area contributed by atoms with E-state index in [1.165, 1.54) is 5.56 Å². The average molecular weight is 256 g/mol. The van der Waals surface area contributed by atoms with Crippen molar-refractivity contribution in [1.29, 1.82) is 0 Å². The third kappa shape index (κ3) is 4.38. The van der Waals surface area contributed by atoms with Crippen molar-refractivity contribution in [1.82, 2.24) is 10.3 Å². The number of rotatable bonds is 6. The summed E-state index contributed by atoms with van der Waals surface area (Å²) >= 11 is 0. The lowest BCUT2D eigenvalue weighted by Crippen LogP contribution is -2.11. The van der Waals surface area contributed by atoms with Crippen LogP contribution in [-0.4, -0.2) is 11.5 Å². The largest absolute Gasteiger partial charge is 0.487 e. The van der Waals surface area contributed by atoms with E-state index in [0.717, 1.165) is 30.2 Å². The average Bonchev–Trinajstić information content (AvgIpc) is 2.43. The predicted molar refractivity (Wildman–Crippen MR) is 77.1 cm³/mol. The molecular formula is C16H20N2O. The van der Waals surface area contributed by atoms with E-state index in [0.29, 0.717) is 6.61 Å². The van der Waals surface area contributed by atoms with Gasteiger partial charge in [-0.3, -0.25) is 4.98 Å². The molecule has 2 aromatic rings. The topological polar surface area (TPSA) is 34.1 Å². The minimum absolute atomic E-state index is 0.506. The van der Waals surface area contributed by atoms with Crippen LogP contribution in [0.4, 0.5) is 0 Å². The molecule has 0 aliphatic heterocycles. The molecule has 100 valence electrons. The second-order valence-corrected chi connectivity index (χ2v) is 4.49. The van der Waals surface area contributed by atoms with Gasteiger partial charge in [0, 0.05) is 12.2 Å². The molecule has 1 aromatic heterocycles. The van der Waals surface area contributed by atoms with Gasteiger partial charge in [0.05, 0.1) is 5.69 Å². The third-order valence-corrected chi connectivity index (χ3v) is 2.81.